The van der Waals surface area contributed by atoms with E-state index < -0.39 is 15.1 Å². The molecule has 0 heterocycles. The van der Waals surface area contributed by atoms with Crippen molar-refractivity contribution in [3.63, 3.8) is 0 Å². The standard InChI is InChI=1S/C11H12ClNO2S/c1-8(2)16(14,15)7-10-4-3-9(6-13)5-11(10)12/h3-5,8H,7H2,1-2H3. The van der Waals surface area contributed by atoms with Crippen LogP contribution in [0.25, 0.3) is 0 Å². The zero-order valence-electron chi connectivity index (χ0n) is 9.07. The lowest BCUT2D eigenvalue weighted by Gasteiger charge is -2.09. The molecule has 3 nitrogen and oxygen atoms in total. The van der Waals surface area contributed by atoms with Crippen LogP contribution in [0.1, 0.15) is 25.0 Å². The van der Waals surface area contributed by atoms with Crippen molar-refractivity contribution < 1.29 is 8.42 Å². The van der Waals surface area contributed by atoms with Gasteiger partial charge in [0.1, 0.15) is 0 Å². The van der Waals surface area contributed by atoms with Crippen LogP contribution in [0.4, 0.5) is 0 Å². The second kappa shape index (κ2) is 4.86. The highest BCUT2D eigenvalue weighted by Gasteiger charge is 2.18. The number of sulfone groups is 1. The molecule has 0 N–H and O–H groups in total. The number of halogens is 1. The monoisotopic (exact) mass is 257 g/mol. The summed E-state index contributed by atoms with van der Waals surface area (Å²) in [5, 5.41) is 8.54. The molecular weight excluding hydrogens is 246 g/mol. The highest BCUT2D eigenvalue weighted by molar-refractivity contribution is 7.91. The van der Waals surface area contributed by atoms with Crippen LogP contribution in [0.15, 0.2) is 18.2 Å². The average molecular weight is 258 g/mol. The van der Waals surface area contributed by atoms with Crippen molar-refractivity contribution in [3.05, 3.63) is 34.3 Å². The first-order valence-electron chi connectivity index (χ1n) is 4.77. The Morgan fingerprint density at radius 2 is 2.06 bits per heavy atom. The maximum atomic E-state index is 11.7. The second-order valence-electron chi connectivity index (χ2n) is 3.77. The van der Waals surface area contributed by atoms with E-state index in [4.69, 9.17) is 16.9 Å². The lowest BCUT2D eigenvalue weighted by Crippen LogP contribution is -2.16. The molecular formula is C11H12ClNO2S. The van der Waals surface area contributed by atoms with E-state index in [-0.39, 0.29) is 5.75 Å². The molecule has 0 spiro atoms. The Hall–Kier alpha value is -1.05. The van der Waals surface area contributed by atoms with Crippen LogP contribution >= 0.6 is 11.6 Å². The average Bonchev–Trinajstić information content (AvgIpc) is 2.20. The van der Waals surface area contributed by atoms with Gasteiger partial charge in [-0.1, -0.05) is 17.7 Å². The quantitative estimate of drug-likeness (QED) is 0.836. The number of hydrogen-bond acceptors (Lipinski definition) is 3. The molecule has 16 heavy (non-hydrogen) atoms. The SMILES string of the molecule is CC(C)S(=O)(=O)Cc1ccc(C#N)cc1Cl. The molecule has 0 radical (unpaired) electrons. The van der Waals surface area contributed by atoms with Gasteiger partial charge in [0.25, 0.3) is 0 Å². The molecule has 1 rings (SSSR count). The Bertz CT molecular complexity index is 529. The van der Waals surface area contributed by atoms with Gasteiger partial charge in [-0.15, -0.1) is 0 Å². The molecule has 5 heteroatoms. The fraction of sp³-hybridized carbons (Fsp3) is 0.364. The summed E-state index contributed by atoms with van der Waals surface area (Å²) in [6.45, 7) is 3.26. The van der Waals surface area contributed by atoms with Crippen LogP contribution in [0.2, 0.25) is 5.02 Å². The highest BCUT2D eigenvalue weighted by atomic mass is 35.5. The van der Waals surface area contributed by atoms with E-state index in [9.17, 15) is 8.42 Å². The largest absolute Gasteiger partial charge is 0.228 e. The third kappa shape index (κ3) is 2.97. The van der Waals surface area contributed by atoms with Gasteiger partial charge in [-0.25, -0.2) is 8.42 Å². The van der Waals surface area contributed by atoms with Crippen LogP contribution in [0.3, 0.4) is 0 Å². The zero-order valence-corrected chi connectivity index (χ0v) is 10.6. The van der Waals surface area contributed by atoms with E-state index in [0.29, 0.717) is 16.1 Å². The smallest absolute Gasteiger partial charge is 0.156 e. The number of rotatable bonds is 3. The lowest BCUT2D eigenvalue weighted by atomic mass is 10.2. The molecule has 0 aliphatic heterocycles. The predicted molar refractivity (Wildman–Crippen MR) is 63.9 cm³/mol. The van der Waals surface area contributed by atoms with Gasteiger partial charge < -0.3 is 0 Å². The third-order valence-corrected chi connectivity index (χ3v) is 4.76. The maximum absolute atomic E-state index is 11.7. The summed E-state index contributed by atoms with van der Waals surface area (Å²) in [6, 6.07) is 6.58. The van der Waals surface area contributed by atoms with Crippen molar-refractivity contribution in [1.29, 1.82) is 5.26 Å². The molecule has 0 atom stereocenters. The van der Waals surface area contributed by atoms with Gasteiger partial charge in [0.05, 0.1) is 22.6 Å². The molecule has 0 saturated carbocycles. The molecule has 0 saturated heterocycles. The normalized spacial score (nSPS) is 11.4. The first kappa shape index (κ1) is 13.0. The summed E-state index contributed by atoms with van der Waals surface area (Å²) in [7, 11) is -3.16. The van der Waals surface area contributed by atoms with E-state index in [0.717, 1.165) is 0 Å². The van der Waals surface area contributed by atoms with Gasteiger partial charge >= 0.3 is 0 Å². The van der Waals surface area contributed by atoms with Crippen molar-refractivity contribution in [3.8, 4) is 6.07 Å². The molecule has 0 aromatic heterocycles. The summed E-state index contributed by atoms with van der Waals surface area (Å²) >= 11 is 5.90. The van der Waals surface area contributed by atoms with Crippen LogP contribution in [-0.4, -0.2) is 13.7 Å². The minimum atomic E-state index is -3.16. The Labute approximate surface area is 101 Å². The molecule has 1 aromatic rings. The predicted octanol–water partition coefficient (Wildman–Crippen LogP) is 2.53. The second-order valence-corrected chi connectivity index (χ2v) is 6.74. The minimum Gasteiger partial charge on any atom is -0.228 e. The van der Waals surface area contributed by atoms with Crippen molar-refractivity contribution in [2.24, 2.45) is 0 Å². The van der Waals surface area contributed by atoms with Crippen LogP contribution in [-0.2, 0) is 15.6 Å². The summed E-state index contributed by atoms with van der Waals surface area (Å²) in [5.74, 6) is -0.0881. The first-order valence-corrected chi connectivity index (χ1v) is 6.86. The van der Waals surface area contributed by atoms with Gasteiger partial charge in [0, 0.05) is 5.02 Å². The number of nitrogens with zero attached hydrogens (tertiary/aromatic N) is 1. The maximum Gasteiger partial charge on any atom is 0.156 e. The van der Waals surface area contributed by atoms with Gasteiger partial charge in [-0.3, -0.25) is 0 Å². The number of benzene rings is 1. The summed E-state index contributed by atoms with van der Waals surface area (Å²) in [6.07, 6.45) is 0. The van der Waals surface area contributed by atoms with E-state index in [2.05, 4.69) is 0 Å². The summed E-state index contributed by atoms with van der Waals surface area (Å²) < 4.78 is 23.4. The van der Waals surface area contributed by atoms with E-state index in [1.54, 1.807) is 26.0 Å². The van der Waals surface area contributed by atoms with Gasteiger partial charge in [-0.2, -0.15) is 5.26 Å². The van der Waals surface area contributed by atoms with Crippen molar-refractivity contribution in [2.45, 2.75) is 24.9 Å². The molecule has 0 bridgehead atoms. The third-order valence-electron chi connectivity index (χ3n) is 2.26. The van der Waals surface area contributed by atoms with E-state index >= 15 is 0 Å². The molecule has 86 valence electrons. The molecule has 0 aliphatic carbocycles. The van der Waals surface area contributed by atoms with Gasteiger partial charge in [0.2, 0.25) is 0 Å². The lowest BCUT2D eigenvalue weighted by molar-refractivity contribution is 0.586. The van der Waals surface area contributed by atoms with Gasteiger partial charge in [-0.05, 0) is 31.5 Å². The van der Waals surface area contributed by atoms with Crippen molar-refractivity contribution in [2.75, 3.05) is 0 Å². The number of nitriles is 1. The van der Waals surface area contributed by atoms with Crippen LogP contribution in [0, 0.1) is 11.3 Å². The van der Waals surface area contributed by atoms with Crippen molar-refractivity contribution in [1.82, 2.24) is 0 Å². The minimum absolute atomic E-state index is 0.0881. The Kier molecular flexibility index (Phi) is 3.95. The first-order chi connectivity index (χ1) is 7.36. The highest BCUT2D eigenvalue weighted by Crippen LogP contribution is 2.21. The topological polar surface area (TPSA) is 57.9 Å². The molecule has 1 aromatic carbocycles. The summed E-state index contributed by atoms with van der Waals surface area (Å²) in [4.78, 5) is 0. The fourth-order valence-electron chi connectivity index (χ4n) is 1.12. The van der Waals surface area contributed by atoms with E-state index in [1.807, 2.05) is 6.07 Å². The van der Waals surface area contributed by atoms with Crippen LogP contribution in [0.5, 0.6) is 0 Å². The summed E-state index contributed by atoms with van der Waals surface area (Å²) in [5.41, 5.74) is 0.963. The van der Waals surface area contributed by atoms with Gasteiger partial charge in [0.15, 0.2) is 9.84 Å². The Balaban J connectivity index is 3.05. The Morgan fingerprint density at radius 3 is 2.50 bits per heavy atom. The molecule has 0 aliphatic rings. The van der Waals surface area contributed by atoms with Crippen molar-refractivity contribution >= 4 is 21.4 Å². The Morgan fingerprint density at radius 1 is 1.44 bits per heavy atom. The van der Waals surface area contributed by atoms with E-state index in [1.165, 1.54) is 6.07 Å². The molecule has 0 unspecified atom stereocenters. The zero-order chi connectivity index (χ0) is 12.3. The van der Waals surface area contributed by atoms with Crippen LogP contribution < -0.4 is 0 Å². The molecule has 0 fully saturated rings. The molecule has 0 amide bonds. The number of hydrogen-bond donors (Lipinski definition) is 0. The fourth-order valence-corrected chi connectivity index (χ4v) is 2.46.